The second-order valence-electron chi connectivity index (χ2n) is 10.2. The standard InChI is InChI=1S/C12H13F3N4O.C7H14N2O.C6H12/c1-7(2)19-4-3-9(18-19)8-5-10(11(16)17-6-8)20-12(13,14)15;1-9-2-3-10-7(6-9)4-8-5-7;1-6-4-2-3-5-6/h3-7H,1-2H3,(H2,16,17);8H,2-6H2,1H3;6H,2-5H2,1H3. The van der Waals surface area contributed by atoms with Gasteiger partial charge in [0.1, 0.15) is 5.60 Å². The lowest BCUT2D eigenvalue weighted by atomic mass is 9.95. The number of rotatable bonds is 3. The maximum Gasteiger partial charge on any atom is 0.573 e. The summed E-state index contributed by atoms with van der Waals surface area (Å²) in [7, 11) is 2.16. The number of nitrogens with two attached hydrogens (primary N) is 1. The van der Waals surface area contributed by atoms with Crippen LogP contribution in [0, 0.1) is 5.92 Å². The second kappa shape index (κ2) is 12.2. The summed E-state index contributed by atoms with van der Waals surface area (Å²) in [6.45, 7) is 11.4. The molecule has 202 valence electrons. The van der Waals surface area contributed by atoms with Crippen LogP contribution in [0.15, 0.2) is 24.5 Å². The van der Waals surface area contributed by atoms with Gasteiger partial charge in [-0.15, -0.1) is 13.2 Å². The Hall–Kier alpha value is -2.37. The summed E-state index contributed by atoms with van der Waals surface area (Å²) in [5.41, 5.74) is 6.45. The van der Waals surface area contributed by atoms with E-state index in [4.69, 9.17) is 10.5 Å². The van der Waals surface area contributed by atoms with Crippen molar-refractivity contribution in [2.45, 2.75) is 64.5 Å². The first-order chi connectivity index (χ1) is 17.0. The third-order valence-corrected chi connectivity index (χ3v) is 6.52. The molecule has 4 heterocycles. The predicted octanol–water partition coefficient (Wildman–Crippen LogP) is 4.49. The van der Waals surface area contributed by atoms with E-state index < -0.39 is 12.1 Å². The smallest absolute Gasteiger partial charge is 0.402 e. The molecular weight excluding hydrogens is 473 g/mol. The van der Waals surface area contributed by atoms with E-state index in [0.29, 0.717) is 11.3 Å². The largest absolute Gasteiger partial charge is 0.573 e. The van der Waals surface area contributed by atoms with Crippen LogP contribution >= 0.6 is 0 Å². The van der Waals surface area contributed by atoms with E-state index in [1.807, 2.05) is 13.8 Å². The van der Waals surface area contributed by atoms with Gasteiger partial charge >= 0.3 is 6.36 Å². The molecule has 0 aromatic carbocycles. The molecule has 0 atom stereocenters. The van der Waals surface area contributed by atoms with Gasteiger partial charge in [-0.3, -0.25) is 4.68 Å². The van der Waals surface area contributed by atoms with E-state index in [9.17, 15) is 13.2 Å². The SMILES string of the molecule is CC(C)n1ccc(-c2cnc(N)c(OC(F)(F)F)c2)n1.CC1CCCC1.CN1CCOC2(CNC2)C1. The number of nitrogens with zero attached hydrogens (tertiary/aromatic N) is 4. The summed E-state index contributed by atoms with van der Waals surface area (Å²) in [6.07, 6.45) is 4.22. The molecule has 2 saturated heterocycles. The van der Waals surface area contributed by atoms with Crippen molar-refractivity contribution in [3.05, 3.63) is 24.5 Å². The van der Waals surface area contributed by atoms with Crippen LogP contribution in [0.1, 0.15) is 52.5 Å². The lowest BCUT2D eigenvalue weighted by Gasteiger charge is -2.47. The molecule has 2 aliphatic heterocycles. The van der Waals surface area contributed by atoms with Crippen LogP contribution in [0.4, 0.5) is 19.0 Å². The minimum absolute atomic E-state index is 0.149. The van der Waals surface area contributed by atoms with Gasteiger partial charge in [0.2, 0.25) is 0 Å². The molecule has 2 aromatic rings. The predicted molar refractivity (Wildman–Crippen MR) is 134 cm³/mol. The van der Waals surface area contributed by atoms with Crippen molar-refractivity contribution in [3.63, 3.8) is 0 Å². The maximum atomic E-state index is 12.2. The van der Waals surface area contributed by atoms with Gasteiger partial charge in [0.15, 0.2) is 11.6 Å². The third-order valence-electron chi connectivity index (χ3n) is 6.52. The molecule has 5 rings (SSSR count). The number of anilines is 1. The molecule has 0 unspecified atom stereocenters. The van der Waals surface area contributed by atoms with Gasteiger partial charge in [-0.05, 0) is 38.9 Å². The number of hydrogen-bond acceptors (Lipinski definition) is 7. The molecule has 1 spiro atoms. The van der Waals surface area contributed by atoms with E-state index in [1.165, 1.54) is 37.9 Å². The molecule has 2 aromatic heterocycles. The average molecular weight is 513 g/mol. The Labute approximate surface area is 211 Å². The van der Waals surface area contributed by atoms with Gasteiger partial charge in [0, 0.05) is 50.2 Å². The minimum Gasteiger partial charge on any atom is -0.402 e. The van der Waals surface area contributed by atoms with Crippen molar-refractivity contribution in [3.8, 4) is 17.0 Å². The Bertz CT molecular complexity index is 956. The lowest BCUT2D eigenvalue weighted by Crippen LogP contribution is -2.68. The number of hydrogen-bond donors (Lipinski definition) is 2. The Kier molecular flexibility index (Phi) is 9.59. The molecule has 0 radical (unpaired) electrons. The normalized spacial score (nSPS) is 19.8. The molecule has 3 fully saturated rings. The summed E-state index contributed by atoms with van der Waals surface area (Å²) in [4.78, 5) is 6.03. The molecule has 36 heavy (non-hydrogen) atoms. The summed E-state index contributed by atoms with van der Waals surface area (Å²) in [6, 6.07) is 3.00. The van der Waals surface area contributed by atoms with E-state index >= 15 is 0 Å². The molecule has 3 N–H and O–H groups in total. The molecule has 0 bridgehead atoms. The quantitative estimate of drug-likeness (QED) is 0.626. The number of ether oxygens (including phenoxy) is 2. The van der Waals surface area contributed by atoms with E-state index in [-0.39, 0.29) is 17.5 Å². The van der Waals surface area contributed by atoms with Crippen LogP contribution in [0.5, 0.6) is 5.75 Å². The zero-order chi connectivity index (χ0) is 26.3. The van der Waals surface area contributed by atoms with Gasteiger partial charge in [-0.1, -0.05) is 32.6 Å². The monoisotopic (exact) mass is 512 g/mol. The van der Waals surface area contributed by atoms with E-state index in [0.717, 1.165) is 38.7 Å². The number of halogens is 3. The van der Waals surface area contributed by atoms with Crippen LogP contribution in [-0.4, -0.2) is 71.5 Å². The molecule has 1 aliphatic carbocycles. The van der Waals surface area contributed by atoms with Crippen LogP contribution in [0.3, 0.4) is 0 Å². The van der Waals surface area contributed by atoms with E-state index in [2.05, 4.69) is 39.0 Å². The number of alkyl halides is 3. The summed E-state index contributed by atoms with van der Waals surface area (Å²) in [5, 5.41) is 7.49. The average Bonchev–Trinajstić information content (AvgIpc) is 3.46. The zero-order valence-electron chi connectivity index (χ0n) is 21.6. The fourth-order valence-electron chi connectivity index (χ4n) is 4.36. The Morgan fingerprint density at radius 1 is 1.25 bits per heavy atom. The van der Waals surface area contributed by atoms with Gasteiger partial charge in [0.25, 0.3) is 0 Å². The van der Waals surface area contributed by atoms with Gasteiger partial charge in [-0.2, -0.15) is 5.10 Å². The molecule has 1 saturated carbocycles. The van der Waals surface area contributed by atoms with Crippen molar-refractivity contribution in [1.82, 2.24) is 25.0 Å². The Morgan fingerprint density at radius 3 is 2.39 bits per heavy atom. The van der Waals surface area contributed by atoms with Gasteiger partial charge in [-0.25, -0.2) is 4.98 Å². The topological polar surface area (TPSA) is 90.5 Å². The summed E-state index contributed by atoms with van der Waals surface area (Å²) in [5.74, 6) is 0.188. The van der Waals surface area contributed by atoms with Crippen molar-refractivity contribution in [2.24, 2.45) is 5.92 Å². The van der Waals surface area contributed by atoms with Gasteiger partial charge < -0.3 is 25.4 Å². The lowest BCUT2D eigenvalue weighted by molar-refractivity contribution is -0.274. The highest BCUT2D eigenvalue weighted by atomic mass is 19.4. The molecular formula is C25H39F3N6O2. The first kappa shape index (κ1) is 28.2. The molecule has 3 aliphatic rings. The van der Waals surface area contributed by atoms with Crippen LogP contribution in [-0.2, 0) is 4.74 Å². The maximum absolute atomic E-state index is 12.2. The van der Waals surface area contributed by atoms with Crippen LogP contribution in [0.2, 0.25) is 0 Å². The van der Waals surface area contributed by atoms with Crippen molar-refractivity contribution < 1.29 is 22.6 Å². The Balaban J connectivity index is 0.000000184. The fourth-order valence-corrected chi connectivity index (χ4v) is 4.36. The number of nitrogens with one attached hydrogen (secondary N) is 1. The molecule has 0 amide bonds. The van der Waals surface area contributed by atoms with Crippen molar-refractivity contribution >= 4 is 5.82 Å². The number of likely N-dealkylation sites (N-methyl/N-ethyl adjacent to an activating group) is 1. The van der Waals surface area contributed by atoms with Crippen LogP contribution in [0.25, 0.3) is 11.3 Å². The van der Waals surface area contributed by atoms with Crippen molar-refractivity contribution in [1.29, 1.82) is 0 Å². The Morgan fingerprint density at radius 2 is 1.94 bits per heavy atom. The number of nitrogen functional groups attached to an aromatic ring is 1. The number of pyridine rings is 1. The second-order valence-corrected chi connectivity index (χ2v) is 10.2. The number of aromatic nitrogens is 3. The van der Waals surface area contributed by atoms with Gasteiger partial charge in [0.05, 0.1) is 12.3 Å². The highest BCUT2D eigenvalue weighted by Crippen LogP contribution is 2.31. The fraction of sp³-hybridized carbons (Fsp3) is 0.680. The third kappa shape index (κ3) is 8.35. The van der Waals surface area contributed by atoms with E-state index in [1.54, 1.807) is 16.9 Å². The highest BCUT2D eigenvalue weighted by molar-refractivity contribution is 5.63. The zero-order valence-corrected chi connectivity index (χ0v) is 21.6. The minimum atomic E-state index is -4.81. The molecule has 8 nitrogen and oxygen atoms in total. The summed E-state index contributed by atoms with van der Waals surface area (Å²) < 4.78 is 47.9. The van der Waals surface area contributed by atoms with Crippen LogP contribution < -0.4 is 15.8 Å². The highest BCUT2D eigenvalue weighted by Gasteiger charge is 2.41. The first-order valence-corrected chi connectivity index (χ1v) is 12.6. The molecule has 11 heteroatoms. The summed E-state index contributed by atoms with van der Waals surface area (Å²) >= 11 is 0. The first-order valence-electron chi connectivity index (χ1n) is 12.6. The number of morpholine rings is 1. The van der Waals surface area contributed by atoms with Crippen molar-refractivity contribution in [2.75, 3.05) is 45.6 Å².